The van der Waals surface area contributed by atoms with Gasteiger partial charge in [0.15, 0.2) is 0 Å². The third-order valence-electron chi connectivity index (χ3n) is 7.27. The van der Waals surface area contributed by atoms with Gasteiger partial charge >= 0.3 is 6.03 Å². The molecule has 2 aliphatic rings. The molecule has 5 rings (SSSR count). The Labute approximate surface area is 212 Å². The number of aromatic nitrogens is 1. The number of unbranched alkanes of at least 4 members (excludes halogenated alkanes) is 1. The van der Waals surface area contributed by atoms with Crippen molar-refractivity contribution in [2.45, 2.75) is 38.6 Å². The number of hydrogen-bond acceptors (Lipinski definition) is 5. The van der Waals surface area contributed by atoms with Gasteiger partial charge in [-0.05, 0) is 68.5 Å². The average molecular weight is 487 g/mol. The monoisotopic (exact) mass is 486 g/mol. The Morgan fingerprint density at radius 2 is 1.89 bits per heavy atom. The second-order valence-electron chi connectivity index (χ2n) is 9.66. The van der Waals surface area contributed by atoms with Crippen LogP contribution in [0, 0.1) is 11.3 Å². The second kappa shape index (κ2) is 10.9. The number of anilines is 2. The average Bonchev–Trinajstić information content (AvgIpc) is 3.04. The number of nitriles is 1. The van der Waals surface area contributed by atoms with Crippen molar-refractivity contribution >= 4 is 28.4 Å². The number of ether oxygens (including phenoxy) is 1. The van der Waals surface area contributed by atoms with Crippen LogP contribution in [0.4, 0.5) is 16.3 Å². The van der Waals surface area contributed by atoms with Crippen LogP contribution < -0.4 is 20.7 Å². The quantitative estimate of drug-likeness (QED) is 0.485. The number of fused-ring (bicyclic) bond motifs is 2. The van der Waals surface area contributed by atoms with Crippen molar-refractivity contribution in [1.82, 2.24) is 9.47 Å². The van der Waals surface area contributed by atoms with E-state index >= 15 is 0 Å². The van der Waals surface area contributed by atoms with Gasteiger partial charge in [0.25, 0.3) is 0 Å². The van der Waals surface area contributed by atoms with Crippen LogP contribution in [0.5, 0.6) is 5.75 Å². The van der Waals surface area contributed by atoms with Crippen LogP contribution in [0.2, 0.25) is 0 Å². The van der Waals surface area contributed by atoms with Crippen molar-refractivity contribution in [1.29, 1.82) is 5.26 Å². The van der Waals surface area contributed by atoms with Gasteiger partial charge in [-0.2, -0.15) is 5.26 Å². The van der Waals surface area contributed by atoms with E-state index in [-0.39, 0.29) is 0 Å². The van der Waals surface area contributed by atoms with Crippen LogP contribution in [0.15, 0.2) is 42.5 Å². The molecule has 36 heavy (non-hydrogen) atoms. The molecule has 1 aromatic heterocycles. The fraction of sp³-hybridized carbons (Fsp3) is 0.429. The number of para-hydroxylation sites is 1. The maximum Gasteiger partial charge on any atom is 0.317 e. The van der Waals surface area contributed by atoms with E-state index in [9.17, 15) is 10.1 Å². The van der Waals surface area contributed by atoms with Gasteiger partial charge in [-0.3, -0.25) is 10.2 Å². The van der Waals surface area contributed by atoms with E-state index in [0.29, 0.717) is 11.4 Å². The normalized spacial score (nSPS) is 16.1. The molecule has 0 atom stereocenters. The lowest BCUT2D eigenvalue weighted by atomic mass is 10.1. The van der Waals surface area contributed by atoms with Crippen molar-refractivity contribution in [2.75, 3.05) is 49.5 Å². The molecule has 0 unspecified atom stereocenters. The summed E-state index contributed by atoms with van der Waals surface area (Å²) in [4.78, 5) is 16.5. The van der Waals surface area contributed by atoms with E-state index in [2.05, 4.69) is 44.0 Å². The summed E-state index contributed by atoms with van der Waals surface area (Å²) in [6.07, 6.45) is 5.45. The lowest BCUT2D eigenvalue weighted by Crippen LogP contribution is -2.46. The molecule has 8 heteroatoms. The molecule has 2 aliphatic heterocycles. The number of aryl methyl sites for hydroxylation is 2. The van der Waals surface area contributed by atoms with Crippen molar-refractivity contribution in [3.05, 3.63) is 53.6 Å². The van der Waals surface area contributed by atoms with Gasteiger partial charge in [0, 0.05) is 38.1 Å². The highest BCUT2D eigenvalue weighted by Gasteiger charge is 2.22. The summed E-state index contributed by atoms with van der Waals surface area (Å²) >= 11 is 0. The lowest BCUT2D eigenvalue weighted by Gasteiger charge is -2.37. The van der Waals surface area contributed by atoms with Crippen LogP contribution in [-0.2, 0) is 13.0 Å². The van der Waals surface area contributed by atoms with Crippen molar-refractivity contribution in [3.63, 3.8) is 0 Å². The summed E-state index contributed by atoms with van der Waals surface area (Å²) in [7, 11) is 0. The summed E-state index contributed by atoms with van der Waals surface area (Å²) in [5.74, 6) is 1.77. The number of benzene rings is 2. The van der Waals surface area contributed by atoms with E-state index in [4.69, 9.17) is 10.5 Å². The second-order valence-corrected chi connectivity index (χ2v) is 9.66. The van der Waals surface area contributed by atoms with E-state index in [1.54, 1.807) is 6.07 Å². The minimum Gasteiger partial charge on any atom is -0.491 e. The first-order chi connectivity index (χ1) is 17.6. The molecule has 3 aromatic rings. The van der Waals surface area contributed by atoms with Gasteiger partial charge in [-0.25, -0.2) is 4.79 Å². The zero-order chi connectivity index (χ0) is 24.9. The van der Waals surface area contributed by atoms with Crippen LogP contribution >= 0.6 is 0 Å². The number of nitrogens with zero attached hydrogens (tertiary/aromatic N) is 4. The largest absolute Gasteiger partial charge is 0.491 e. The van der Waals surface area contributed by atoms with E-state index in [1.807, 2.05) is 18.2 Å². The molecule has 1 saturated heterocycles. The molecule has 0 radical (unpaired) electrons. The van der Waals surface area contributed by atoms with Gasteiger partial charge in [0.2, 0.25) is 0 Å². The molecule has 0 saturated carbocycles. The van der Waals surface area contributed by atoms with Crippen molar-refractivity contribution in [2.24, 2.45) is 5.73 Å². The van der Waals surface area contributed by atoms with Crippen LogP contribution in [0.25, 0.3) is 10.9 Å². The van der Waals surface area contributed by atoms with Crippen molar-refractivity contribution < 1.29 is 9.53 Å². The number of hydrogen-bond donors (Lipinski definition) is 2. The standard InChI is InChI=1S/C28H34N6O2/c29-20-21-9-10-23-19-26(31-28(30)35)34(25(23)18-21)12-3-2-11-32-13-15-33(16-14-32)24-8-5-7-22-6-1-4-17-36-27(22)24/h5,7-10,18-19H,1-4,6,11-17H2,(H3,30,31,35). The molecule has 2 amide bonds. The van der Waals surface area contributed by atoms with Gasteiger partial charge in [-0.1, -0.05) is 18.2 Å². The molecular formula is C28H34N6O2. The summed E-state index contributed by atoms with van der Waals surface area (Å²) < 4.78 is 8.20. The molecule has 3 N–H and O–H groups in total. The highest BCUT2D eigenvalue weighted by Crippen LogP contribution is 2.35. The number of nitrogens with one attached hydrogen (secondary N) is 1. The van der Waals surface area contributed by atoms with Crippen LogP contribution in [0.3, 0.4) is 0 Å². The number of carbonyl (C=O) groups is 1. The predicted molar refractivity (Wildman–Crippen MR) is 143 cm³/mol. The number of nitrogens with two attached hydrogens (primary N) is 1. The Morgan fingerprint density at radius 3 is 2.69 bits per heavy atom. The molecule has 0 spiro atoms. The Balaban J connectivity index is 1.16. The minimum atomic E-state index is -0.585. The van der Waals surface area contributed by atoms with Gasteiger partial charge in [0.1, 0.15) is 11.6 Å². The highest BCUT2D eigenvalue weighted by atomic mass is 16.5. The van der Waals surface area contributed by atoms with Crippen molar-refractivity contribution in [3.8, 4) is 11.8 Å². The first-order valence-corrected chi connectivity index (χ1v) is 12.9. The molecule has 188 valence electrons. The fourth-order valence-corrected chi connectivity index (χ4v) is 5.39. The first kappa shape index (κ1) is 24.0. The smallest absolute Gasteiger partial charge is 0.317 e. The summed E-state index contributed by atoms with van der Waals surface area (Å²) in [6.45, 7) is 6.69. The molecular weight excluding hydrogens is 452 g/mol. The zero-order valence-electron chi connectivity index (χ0n) is 20.7. The zero-order valence-corrected chi connectivity index (χ0v) is 20.7. The third kappa shape index (κ3) is 5.26. The molecule has 8 nitrogen and oxygen atoms in total. The summed E-state index contributed by atoms with van der Waals surface area (Å²) in [5.41, 5.74) is 9.53. The van der Waals surface area contributed by atoms with Gasteiger partial charge < -0.3 is 19.9 Å². The Hall–Kier alpha value is -3.70. The first-order valence-electron chi connectivity index (χ1n) is 12.9. The van der Waals surface area contributed by atoms with E-state index in [1.165, 1.54) is 17.7 Å². The topological polar surface area (TPSA) is 99.5 Å². The van der Waals surface area contributed by atoms with Gasteiger partial charge in [0.05, 0.1) is 29.4 Å². The molecule has 3 heterocycles. The van der Waals surface area contributed by atoms with E-state index in [0.717, 1.165) is 88.2 Å². The number of urea groups is 1. The van der Waals surface area contributed by atoms with E-state index < -0.39 is 6.03 Å². The number of piperazine rings is 1. The Bertz CT molecular complexity index is 1270. The Morgan fingerprint density at radius 1 is 1.06 bits per heavy atom. The molecule has 0 bridgehead atoms. The summed E-state index contributed by atoms with van der Waals surface area (Å²) in [6, 6.07) is 15.7. The van der Waals surface area contributed by atoms with Gasteiger partial charge in [-0.15, -0.1) is 0 Å². The SMILES string of the molecule is N#Cc1ccc2cc(NC(N)=O)n(CCCCN3CCN(c4cccc5c4OCCCC5)CC3)c2c1. The summed E-state index contributed by atoms with van der Waals surface area (Å²) in [5, 5.41) is 13.0. The van der Waals surface area contributed by atoms with Crippen LogP contribution in [-0.4, -0.2) is 54.8 Å². The maximum atomic E-state index is 11.5. The number of rotatable bonds is 7. The fourth-order valence-electron chi connectivity index (χ4n) is 5.39. The number of carbonyl (C=O) groups excluding carboxylic acids is 1. The number of amides is 2. The van der Waals surface area contributed by atoms with Crippen LogP contribution in [0.1, 0.15) is 36.8 Å². The molecule has 0 aliphatic carbocycles. The highest BCUT2D eigenvalue weighted by molar-refractivity contribution is 5.93. The number of primary amides is 1. The molecule has 1 fully saturated rings. The lowest BCUT2D eigenvalue weighted by molar-refractivity contribution is 0.250. The molecule has 2 aromatic carbocycles. The maximum absolute atomic E-state index is 11.5. The predicted octanol–water partition coefficient (Wildman–Crippen LogP) is 4.32. The minimum absolute atomic E-state index is 0.585. The Kier molecular flexibility index (Phi) is 7.28. The third-order valence-corrected chi connectivity index (χ3v) is 7.27.